The molecule has 2 aromatic heterocycles. The molecule has 4 nitrogen and oxygen atoms in total. The van der Waals surface area contributed by atoms with Gasteiger partial charge in [0.05, 0.1) is 11.4 Å². The fourth-order valence-electron chi connectivity index (χ4n) is 3.35. The van der Waals surface area contributed by atoms with Crippen molar-refractivity contribution in [2.24, 2.45) is 0 Å². The van der Waals surface area contributed by atoms with Crippen LogP contribution >= 0.6 is 0 Å². The number of benzene rings is 2. The second-order valence-electron chi connectivity index (χ2n) is 6.63. The van der Waals surface area contributed by atoms with Crippen LogP contribution in [0.2, 0.25) is 0 Å². The summed E-state index contributed by atoms with van der Waals surface area (Å²) in [5, 5.41) is 9.41. The van der Waals surface area contributed by atoms with Crippen molar-refractivity contribution in [2.75, 3.05) is 0 Å². The third-order valence-electron chi connectivity index (χ3n) is 4.76. The third-order valence-corrected chi connectivity index (χ3v) is 4.76. The molecule has 0 radical (unpaired) electrons. The minimum atomic E-state index is 0. The largest absolute Gasteiger partial charge is 2.00 e. The molecule has 0 N–H and O–H groups in total. The molecule has 3 heterocycles. The molecule has 0 aliphatic carbocycles. The van der Waals surface area contributed by atoms with Crippen molar-refractivity contribution in [2.45, 2.75) is 25.7 Å². The van der Waals surface area contributed by atoms with E-state index in [-0.39, 0.29) is 21.1 Å². The van der Waals surface area contributed by atoms with E-state index >= 15 is 0 Å². The smallest absolute Gasteiger partial charge is 0.265 e. The fourth-order valence-corrected chi connectivity index (χ4v) is 3.35. The van der Waals surface area contributed by atoms with Gasteiger partial charge in [-0.2, -0.15) is 57.7 Å². The predicted molar refractivity (Wildman–Crippen MR) is 99.6 cm³/mol. The SMILES string of the molecule is [Pt+2].[c-]1c2cccc1-n1ccc(n1)CCc1ccn(n1)-c1[c-]c(ccc1)CC2. The van der Waals surface area contributed by atoms with Gasteiger partial charge in [0.25, 0.3) is 0 Å². The molecular weight excluding hydrogens is 515 g/mol. The van der Waals surface area contributed by atoms with E-state index in [1.807, 2.05) is 21.8 Å². The number of hydrogen-bond donors (Lipinski definition) is 0. The zero-order valence-corrected chi connectivity index (χ0v) is 17.0. The summed E-state index contributed by atoms with van der Waals surface area (Å²) in [5.41, 5.74) is 6.49. The molecular formula is C22H18N4Pt. The van der Waals surface area contributed by atoms with Gasteiger partial charge in [-0.1, -0.05) is 0 Å². The summed E-state index contributed by atoms with van der Waals surface area (Å²) in [5.74, 6) is 0. The number of rotatable bonds is 0. The van der Waals surface area contributed by atoms with E-state index in [2.05, 4.69) is 60.7 Å². The summed E-state index contributed by atoms with van der Waals surface area (Å²) in [7, 11) is 0. The van der Waals surface area contributed by atoms with E-state index in [9.17, 15) is 0 Å². The number of aromatic nitrogens is 4. The fraction of sp³-hybridized carbons (Fsp3) is 0.182. The average Bonchev–Trinajstić information content (AvgIpc) is 3.34. The van der Waals surface area contributed by atoms with Gasteiger partial charge in [-0.15, -0.1) is 12.1 Å². The van der Waals surface area contributed by atoms with Gasteiger partial charge in [0, 0.05) is 12.4 Å². The standard InChI is InChI=1S/C22H18N4.Pt/c1-3-17-7-8-18-4-2-6-22(16-18)26-14-12-20(24-26)10-9-19-11-13-25(23-19)21(5-1)15-17;/h1-6,11-14H,7-10H2;/q-2;+2. The first-order valence-corrected chi connectivity index (χ1v) is 8.96. The molecule has 5 rings (SSSR count). The molecule has 0 saturated heterocycles. The maximum Gasteiger partial charge on any atom is 2.00 e. The van der Waals surface area contributed by atoms with E-state index in [0.717, 1.165) is 48.4 Å². The van der Waals surface area contributed by atoms with E-state index in [1.54, 1.807) is 0 Å². The summed E-state index contributed by atoms with van der Waals surface area (Å²) in [6, 6.07) is 23.7. The first-order valence-electron chi connectivity index (χ1n) is 8.96. The second-order valence-corrected chi connectivity index (χ2v) is 6.63. The Kier molecular flexibility index (Phi) is 5.09. The van der Waals surface area contributed by atoms with Crippen LogP contribution in [0.15, 0.2) is 60.9 Å². The maximum atomic E-state index is 4.71. The minimum absolute atomic E-state index is 0. The molecule has 2 aromatic carbocycles. The number of aryl methyl sites for hydroxylation is 4. The van der Waals surface area contributed by atoms with Crippen molar-refractivity contribution in [3.05, 3.63) is 95.6 Å². The molecule has 1 aliphatic rings. The van der Waals surface area contributed by atoms with E-state index in [0.29, 0.717) is 0 Å². The van der Waals surface area contributed by atoms with Crippen LogP contribution in [0.3, 0.4) is 0 Å². The van der Waals surface area contributed by atoms with Gasteiger partial charge in [-0.25, -0.2) is 0 Å². The van der Waals surface area contributed by atoms with Gasteiger partial charge in [-0.3, -0.25) is 9.36 Å². The van der Waals surface area contributed by atoms with E-state index in [4.69, 9.17) is 10.2 Å². The van der Waals surface area contributed by atoms with Gasteiger partial charge in [0.15, 0.2) is 0 Å². The normalized spacial score (nSPS) is 13.0. The maximum absolute atomic E-state index is 4.71. The Balaban J connectivity index is 0.00000180. The quantitative estimate of drug-likeness (QED) is 0.325. The molecule has 0 amide bonds. The Morgan fingerprint density at radius 1 is 0.630 bits per heavy atom. The number of hydrogen-bond acceptors (Lipinski definition) is 2. The zero-order valence-electron chi connectivity index (χ0n) is 14.7. The molecule has 0 spiro atoms. The summed E-state index contributed by atoms with van der Waals surface area (Å²) >= 11 is 0. The Morgan fingerprint density at radius 3 is 1.59 bits per heavy atom. The summed E-state index contributed by atoms with van der Waals surface area (Å²) < 4.78 is 3.83. The molecule has 5 heteroatoms. The Bertz CT molecular complexity index is 978. The molecule has 0 atom stereocenters. The van der Waals surface area contributed by atoms with Gasteiger partial charge in [0.2, 0.25) is 0 Å². The van der Waals surface area contributed by atoms with E-state index < -0.39 is 0 Å². The van der Waals surface area contributed by atoms with E-state index in [1.165, 1.54) is 11.1 Å². The molecule has 27 heavy (non-hydrogen) atoms. The first kappa shape index (κ1) is 17.9. The molecule has 0 fully saturated rings. The third kappa shape index (κ3) is 3.81. The Labute approximate surface area is 173 Å². The van der Waals surface area contributed by atoms with Crippen LogP contribution in [-0.2, 0) is 46.7 Å². The van der Waals surface area contributed by atoms with Crippen molar-refractivity contribution >= 4 is 0 Å². The summed E-state index contributed by atoms with van der Waals surface area (Å²) in [6.07, 6.45) is 7.61. The number of nitrogens with zero attached hydrogens (tertiary/aromatic N) is 4. The van der Waals surface area contributed by atoms with Gasteiger partial charge in [0.1, 0.15) is 0 Å². The van der Waals surface area contributed by atoms with Crippen LogP contribution in [0, 0.1) is 12.1 Å². The summed E-state index contributed by atoms with van der Waals surface area (Å²) in [6.45, 7) is 0. The van der Waals surface area contributed by atoms with Gasteiger partial charge >= 0.3 is 21.1 Å². The number of fused-ring (bicyclic) bond motifs is 10. The van der Waals surface area contributed by atoms with Crippen molar-refractivity contribution in [3.8, 4) is 11.4 Å². The van der Waals surface area contributed by atoms with Gasteiger partial charge in [-0.05, 0) is 49.2 Å². The minimum Gasteiger partial charge on any atom is -0.265 e. The summed E-state index contributed by atoms with van der Waals surface area (Å²) in [4.78, 5) is 0. The van der Waals surface area contributed by atoms with Crippen molar-refractivity contribution in [1.29, 1.82) is 0 Å². The van der Waals surface area contributed by atoms with Crippen LogP contribution < -0.4 is 0 Å². The monoisotopic (exact) mass is 533 g/mol. The van der Waals surface area contributed by atoms with Crippen LogP contribution in [0.4, 0.5) is 0 Å². The van der Waals surface area contributed by atoms with Gasteiger partial charge < -0.3 is 0 Å². The Hall–Kier alpha value is -2.45. The molecule has 136 valence electrons. The second kappa shape index (κ2) is 7.65. The van der Waals surface area contributed by atoms with Crippen LogP contribution in [0.25, 0.3) is 11.4 Å². The molecule has 4 aromatic rings. The van der Waals surface area contributed by atoms with Crippen LogP contribution in [-0.4, -0.2) is 19.6 Å². The van der Waals surface area contributed by atoms with Crippen molar-refractivity contribution in [3.63, 3.8) is 0 Å². The average molecular weight is 533 g/mol. The molecule has 0 saturated carbocycles. The van der Waals surface area contributed by atoms with Crippen molar-refractivity contribution in [1.82, 2.24) is 19.6 Å². The van der Waals surface area contributed by atoms with Crippen LogP contribution in [0.5, 0.6) is 0 Å². The van der Waals surface area contributed by atoms with Crippen LogP contribution in [0.1, 0.15) is 22.5 Å². The topological polar surface area (TPSA) is 35.6 Å². The van der Waals surface area contributed by atoms with Crippen molar-refractivity contribution < 1.29 is 21.1 Å². The zero-order chi connectivity index (χ0) is 17.3. The molecule has 8 bridgehead atoms. The Morgan fingerprint density at radius 2 is 1.11 bits per heavy atom. The molecule has 0 unspecified atom stereocenters. The first-order chi connectivity index (χ1) is 12.8. The predicted octanol–water partition coefficient (Wildman–Crippen LogP) is 3.54. The molecule has 1 aliphatic heterocycles.